The van der Waals surface area contributed by atoms with E-state index in [1.165, 1.54) is 16.2 Å². The van der Waals surface area contributed by atoms with Crippen molar-refractivity contribution < 1.29 is 14.3 Å². The largest absolute Gasteiger partial charge is 0.492 e. The Hall–Kier alpha value is -1.57. The van der Waals surface area contributed by atoms with E-state index in [1.54, 1.807) is 0 Å². The van der Waals surface area contributed by atoms with Gasteiger partial charge in [-0.3, -0.25) is 9.59 Å². The Bertz CT molecular complexity index is 989. The molecule has 1 aromatic carbocycles. The van der Waals surface area contributed by atoms with E-state index in [2.05, 4.69) is 28.2 Å². The molecule has 3 rings (SSSR count). The number of carbonyl (C=O) groups is 2. The second-order valence-electron chi connectivity index (χ2n) is 7.86. The number of ether oxygens (including phenoxy) is 1. The lowest BCUT2D eigenvalue weighted by Crippen LogP contribution is -2.19. The number of thiophene rings is 1. The molecule has 8 heteroatoms. The minimum Gasteiger partial charge on any atom is -0.492 e. The quantitative estimate of drug-likeness (QED) is 0.459. The smallest absolute Gasteiger partial charge is 0.251 e. The van der Waals surface area contributed by atoms with E-state index in [4.69, 9.17) is 22.1 Å². The number of halogens is 2. The number of rotatable bonds is 7. The first-order valence-corrected chi connectivity index (χ1v) is 12.0. The Morgan fingerprint density at radius 2 is 2.13 bits per heavy atom. The molecule has 1 heterocycles. The molecule has 0 aliphatic heterocycles. The highest BCUT2D eigenvalue weighted by atomic mass is 79.9. The SMILES string of the molecule is Cc1cc(OCCCC(=O)Nc2sc3c(c2C(N)=O)CCC(C)C3)c(Br)c(C)c1Cl. The van der Waals surface area contributed by atoms with Crippen molar-refractivity contribution in [2.45, 2.75) is 52.9 Å². The predicted octanol–water partition coefficient (Wildman–Crippen LogP) is 5.80. The van der Waals surface area contributed by atoms with Crippen LogP contribution in [0.5, 0.6) is 5.75 Å². The van der Waals surface area contributed by atoms with Crippen LogP contribution in [0.3, 0.4) is 0 Å². The number of benzene rings is 1. The maximum atomic E-state index is 12.5. The van der Waals surface area contributed by atoms with E-state index in [0.29, 0.717) is 46.7 Å². The highest BCUT2D eigenvalue weighted by Gasteiger charge is 2.27. The van der Waals surface area contributed by atoms with Crippen LogP contribution >= 0.6 is 38.9 Å². The van der Waals surface area contributed by atoms with Crippen molar-refractivity contribution in [1.82, 2.24) is 0 Å². The number of aryl methyl sites for hydroxylation is 1. The predicted molar refractivity (Wildman–Crippen MR) is 126 cm³/mol. The van der Waals surface area contributed by atoms with Crippen LogP contribution in [0.15, 0.2) is 10.5 Å². The fraction of sp³-hybridized carbons (Fsp3) is 0.455. The Morgan fingerprint density at radius 3 is 2.83 bits per heavy atom. The number of carbonyl (C=O) groups excluding carboxylic acids is 2. The molecule has 0 saturated heterocycles. The first-order valence-electron chi connectivity index (χ1n) is 10.0. The fourth-order valence-corrected chi connectivity index (χ4v) is 5.83. The molecule has 1 aliphatic carbocycles. The molecular formula is C22H26BrClN2O3S. The maximum Gasteiger partial charge on any atom is 0.251 e. The van der Waals surface area contributed by atoms with Crippen molar-refractivity contribution in [1.29, 1.82) is 0 Å². The minimum absolute atomic E-state index is 0.143. The van der Waals surface area contributed by atoms with Crippen LogP contribution in [-0.2, 0) is 17.6 Å². The van der Waals surface area contributed by atoms with Crippen molar-refractivity contribution in [3.05, 3.63) is 42.7 Å². The number of hydrogen-bond donors (Lipinski definition) is 2. The Labute approximate surface area is 194 Å². The molecule has 0 fully saturated rings. The van der Waals surface area contributed by atoms with Gasteiger partial charge in [0.25, 0.3) is 5.91 Å². The highest BCUT2D eigenvalue weighted by molar-refractivity contribution is 9.10. The molecule has 30 heavy (non-hydrogen) atoms. The number of fused-ring (bicyclic) bond motifs is 1. The molecule has 5 nitrogen and oxygen atoms in total. The van der Waals surface area contributed by atoms with Crippen LogP contribution in [-0.4, -0.2) is 18.4 Å². The summed E-state index contributed by atoms with van der Waals surface area (Å²) in [4.78, 5) is 25.6. The lowest BCUT2D eigenvalue weighted by Gasteiger charge is -2.18. The monoisotopic (exact) mass is 512 g/mol. The van der Waals surface area contributed by atoms with E-state index >= 15 is 0 Å². The molecule has 0 saturated carbocycles. The van der Waals surface area contributed by atoms with Gasteiger partial charge >= 0.3 is 0 Å². The van der Waals surface area contributed by atoms with E-state index in [0.717, 1.165) is 40.4 Å². The van der Waals surface area contributed by atoms with Gasteiger partial charge in [0.1, 0.15) is 10.8 Å². The lowest BCUT2D eigenvalue weighted by atomic mass is 9.88. The zero-order chi connectivity index (χ0) is 22.0. The van der Waals surface area contributed by atoms with Gasteiger partial charge in [0.15, 0.2) is 0 Å². The molecule has 1 aromatic heterocycles. The van der Waals surface area contributed by atoms with Crippen molar-refractivity contribution in [3.63, 3.8) is 0 Å². The summed E-state index contributed by atoms with van der Waals surface area (Å²) in [5.41, 5.74) is 8.99. The fourth-order valence-electron chi connectivity index (χ4n) is 3.71. The van der Waals surface area contributed by atoms with Gasteiger partial charge < -0.3 is 15.8 Å². The van der Waals surface area contributed by atoms with Crippen LogP contribution in [0.2, 0.25) is 5.02 Å². The van der Waals surface area contributed by atoms with Crippen molar-refractivity contribution in [2.24, 2.45) is 11.7 Å². The van der Waals surface area contributed by atoms with Crippen molar-refractivity contribution >= 4 is 55.7 Å². The molecule has 2 amide bonds. The van der Waals surface area contributed by atoms with E-state index < -0.39 is 5.91 Å². The van der Waals surface area contributed by atoms with Gasteiger partial charge in [-0.2, -0.15) is 0 Å². The summed E-state index contributed by atoms with van der Waals surface area (Å²) in [5.74, 6) is 0.678. The number of nitrogens with two attached hydrogens (primary N) is 1. The molecular weight excluding hydrogens is 488 g/mol. The summed E-state index contributed by atoms with van der Waals surface area (Å²) < 4.78 is 6.66. The Morgan fingerprint density at radius 1 is 1.40 bits per heavy atom. The van der Waals surface area contributed by atoms with Crippen LogP contribution in [0.4, 0.5) is 5.00 Å². The van der Waals surface area contributed by atoms with Crippen LogP contribution < -0.4 is 15.8 Å². The summed E-state index contributed by atoms with van der Waals surface area (Å²) in [5, 5.41) is 4.19. The zero-order valence-corrected chi connectivity index (χ0v) is 20.5. The summed E-state index contributed by atoms with van der Waals surface area (Å²) in [6, 6.07) is 1.88. The van der Waals surface area contributed by atoms with Gasteiger partial charge in [-0.05, 0) is 84.1 Å². The van der Waals surface area contributed by atoms with Gasteiger partial charge in [0, 0.05) is 16.3 Å². The second kappa shape index (κ2) is 9.71. The summed E-state index contributed by atoms with van der Waals surface area (Å²) in [6.45, 7) is 6.46. The van der Waals surface area contributed by atoms with Gasteiger partial charge in [-0.15, -0.1) is 11.3 Å². The van der Waals surface area contributed by atoms with E-state index in [9.17, 15) is 9.59 Å². The number of amides is 2. The van der Waals surface area contributed by atoms with Gasteiger partial charge in [-0.1, -0.05) is 18.5 Å². The van der Waals surface area contributed by atoms with Crippen LogP contribution in [0.1, 0.15) is 58.1 Å². The average Bonchev–Trinajstić information content (AvgIpc) is 3.04. The zero-order valence-electron chi connectivity index (χ0n) is 17.4. The Balaban J connectivity index is 1.58. The number of primary amides is 1. The van der Waals surface area contributed by atoms with Crippen molar-refractivity contribution in [2.75, 3.05) is 11.9 Å². The highest BCUT2D eigenvalue weighted by Crippen LogP contribution is 2.39. The summed E-state index contributed by atoms with van der Waals surface area (Å²) in [7, 11) is 0. The first kappa shape index (κ1) is 23.1. The van der Waals surface area contributed by atoms with Crippen molar-refractivity contribution in [3.8, 4) is 5.75 Å². The summed E-state index contributed by atoms with van der Waals surface area (Å²) >= 11 is 11.2. The molecule has 0 spiro atoms. The normalized spacial score (nSPS) is 15.6. The number of nitrogens with one attached hydrogen (secondary N) is 1. The second-order valence-corrected chi connectivity index (χ2v) is 10.1. The lowest BCUT2D eigenvalue weighted by molar-refractivity contribution is -0.116. The number of anilines is 1. The Kier molecular flexibility index (Phi) is 7.47. The first-order chi connectivity index (χ1) is 14.2. The average molecular weight is 514 g/mol. The van der Waals surface area contributed by atoms with E-state index in [-0.39, 0.29) is 5.91 Å². The molecule has 2 aromatic rings. The number of hydrogen-bond acceptors (Lipinski definition) is 4. The standard InChI is InChI=1S/C22H26BrClN2O3S/c1-11-6-7-14-16(9-11)30-22(18(14)21(25)28)26-17(27)5-4-8-29-15-10-12(2)20(24)13(3)19(15)23/h10-11H,4-9H2,1-3H3,(H2,25,28)(H,26,27). The minimum atomic E-state index is -0.473. The molecule has 1 aliphatic rings. The molecule has 3 N–H and O–H groups in total. The third-order valence-electron chi connectivity index (χ3n) is 5.39. The third-order valence-corrected chi connectivity index (χ3v) is 8.12. The molecule has 1 unspecified atom stereocenters. The summed E-state index contributed by atoms with van der Waals surface area (Å²) in [6.07, 6.45) is 3.64. The van der Waals surface area contributed by atoms with Gasteiger partial charge in [-0.25, -0.2) is 0 Å². The maximum absolute atomic E-state index is 12.5. The van der Waals surface area contributed by atoms with Gasteiger partial charge in [0.05, 0.1) is 16.6 Å². The van der Waals surface area contributed by atoms with E-state index in [1.807, 2.05) is 19.9 Å². The topological polar surface area (TPSA) is 81.4 Å². The molecule has 162 valence electrons. The molecule has 0 bridgehead atoms. The van der Waals surface area contributed by atoms with Crippen LogP contribution in [0, 0.1) is 19.8 Å². The van der Waals surface area contributed by atoms with Gasteiger partial charge in [0.2, 0.25) is 5.91 Å². The molecule has 0 radical (unpaired) electrons. The third kappa shape index (κ3) is 5.01. The van der Waals surface area contributed by atoms with Crippen LogP contribution in [0.25, 0.3) is 0 Å². The molecule has 1 atom stereocenters.